The van der Waals surface area contributed by atoms with Crippen molar-refractivity contribution in [3.05, 3.63) is 90.0 Å². The highest BCUT2D eigenvalue weighted by atomic mass is 19.1. The Balaban J connectivity index is 1.33. The first-order valence-corrected chi connectivity index (χ1v) is 12.0. The lowest BCUT2D eigenvalue weighted by Gasteiger charge is -2.30. The summed E-state index contributed by atoms with van der Waals surface area (Å²) >= 11 is 0. The lowest BCUT2D eigenvalue weighted by Crippen LogP contribution is -2.38. The van der Waals surface area contributed by atoms with Gasteiger partial charge in [0.15, 0.2) is 0 Å². The van der Waals surface area contributed by atoms with Crippen LogP contribution in [0.3, 0.4) is 0 Å². The maximum Gasteiger partial charge on any atom is 0.246 e. The van der Waals surface area contributed by atoms with Crippen molar-refractivity contribution in [3.63, 3.8) is 0 Å². The molecular weight excluding hydrogens is 443 g/mol. The zero-order valence-electron chi connectivity index (χ0n) is 19.2. The number of aromatic nitrogens is 2. The molecule has 1 atom stereocenters. The number of anilines is 2. The third-order valence-electron chi connectivity index (χ3n) is 7.02. The van der Waals surface area contributed by atoms with Crippen LogP contribution >= 0.6 is 0 Å². The summed E-state index contributed by atoms with van der Waals surface area (Å²) in [6.45, 7) is 1.29. The predicted octanol–water partition coefficient (Wildman–Crippen LogP) is 4.68. The molecule has 0 spiro atoms. The highest BCUT2D eigenvalue weighted by Gasteiger charge is 2.35. The molecule has 35 heavy (non-hydrogen) atoms. The Bertz CT molecular complexity index is 1430. The van der Waals surface area contributed by atoms with Crippen LogP contribution in [0.15, 0.2) is 72.8 Å². The number of hydrogen-bond acceptors (Lipinski definition) is 3. The smallest absolute Gasteiger partial charge is 0.246 e. The molecule has 1 fully saturated rings. The van der Waals surface area contributed by atoms with Gasteiger partial charge < -0.3 is 14.4 Å². The summed E-state index contributed by atoms with van der Waals surface area (Å²) in [5, 5.41) is 0. The SMILES string of the molecule is O=C1CC(c2nc3ccccc3n2CC(=O)N2CCCc3ccccc32)CN1c1ccc(F)cc1. The molecule has 6 nitrogen and oxygen atoms in total. The zero-order valence-corrected chi connectivity index (χ0v) is 19.2. The van der Waals surface area contributed by atoms with Crippen molar-refractivity contribution in [1.82, 2.24) is 9.55 Å². The lowest BCUT2D eigenvalue weighted by molar-refractivity contribution is -0.119. The normalized spacial score (nSPS) is 17.7. The quantitative estimate of drug-likeness (QED) is 0.437. The molecule has 0 saturated carbocycles. The van der Waals surface area contributed by atoms with Gasteiger partial charge in [-0.25, -0.2) is 9.37 Å². The van der Waals surface area contributed by atoms with Crippen LogP contribution in [0.25, 0.3) is 11.0 Å². The van der Waals surface area contributed by atoms with E-state index in [0.29, 0.717) is 25.2 Å². The number of amides is 2. The highest BCUT2D eigenvalue weighted by molar-refractivity contribution is 5.97. The number of halogens is 1. The molecule has 0 radical (unpaired) electrons. The van der Waals surface area contributed by atoms with Crippen LogP contribution in [-0.4, -0.2) is 34.5 Å². The summed E-state index contributed by atoms with van der Waals surface area (Å²) in [6.07, 6.45) is 2.20. The van der Waals surface area contributed by atoms with E-state index >= 15 is 0 Å². The van der Waals surface area contributed by atoms with Gasteiger partial charge in [-0.3, -0.25) is 9.59 Å². The summed E-state index contributed by atoms with van der Waals surface area (Å²) < 4.78 is 15.4. The van der Waals surface area contributed by atoms with E-state index in [4.69, 9.17) is 4.98 Å². The van der Waals surface area contributed by atoms with Crippen molar-refractivity contribution >= 4 is 34.2 Å². The molecule has 3 heterocycles. The number of rotatable bonds is 4. The average molecular weight is 469 g/mol. The Hall–Kier alpha value is -4.00. The third kappa shape index (κ3) is 3.87. The largest absolute Gasteiger partial charge is 0.318 e. The number of nitrogens with zero attached hydrogens (tertiary/aromatic N) is 4. The van der Waals surface area contributed by atoms with Crippen molar-refractivity contribution in [3.8, 4) is 0 Å². The van der Waals surface area contributed by atoms with Crippen molar-refractivity contribution < 1.29 is 14.0 Å². The van der Waals surface area contributed by atoms with Gasteiger partial charge in [-0.05, 0) is 60.9 Å². The molecule has 1 aromatic heterocycles. The lowest BCUT2D eigenvalue weighted by atomic mass is 10.0. The van der Waals surface area contributed by atoms with E-state index in [2.05, 4.69) is 6.07 Å². The van der Waals surface area contributed by atoms with Gasteiger partial charge in [-0.15, -0.1) is 0 Å². The Morgan fingerprint density at radius 1 is 1.00 bits per heavy atom. The molecular formula is C28H25FN4O2. The number of aryl methyl sites for hydroxylation is 1. The molecule has 0 aliphatic carbocycles. The first-order valence-electron chi connectivity index (χ1n) is 12.0. The number of carbonyl (C=O) groups is 2. The topological polar surface area (TPSA) is 58.4 Å². The summed E-state index contributed by atoms with van der Waals surface area (Å²) in [6, 6.07) is 21.8. The molecule has 6 rings (SSSR count). The van der Waals surface area contributed by atoms with Crippen LogP contribution in [0.1, 0.15) is 30.1 Å². The minimum Gasteiger partial charge on any atom is -0.318 e. The average Bonchev–Trinajstić information content (AvgIpc) is 3.44. The van der Waals surface area contributed by atoms with Crippen LogP contribution in [0.5, 0.6) is 0 Å². The fourth-order valence-electron chi connectivity index (χ4n) is 5.34. The molecule has 3 aromatic carbocycles. The van der Waals surface area contributed by atoms with Crippen LogP contribution in [0, 0.1) is 5.82 Å². The summed E-state index contributed by atoms with van der Waals surface area (Å²) in [4.78, 5) is 34.9. The minimum atomic E-state index is -0.337. The second-order valence-corrected chi connectivity index (χ2v) is 9.20. The number of hydrogen-bond donors (Lipinski definition) is 0. The third-order valence-corrected chi connectivity index (χ3v) is 7.02. The number of fused-ring (bicyclic) bond motifs is 2. The first kappa shape index (κ1) is 21.5. The molecule has 2 aliphatic rings. The van der Waals surface area contributed by atoms with Gasteiger partial charge >= 0.3 is 0 Å². The molecule has 2 amide bonds. The number of carbonyl (C=O) groups excluding carboxylic acids is 2. The van der Waals surface area contributed by atoms with E-state index in [1.54, 1.807) is 17.0 Å². The highest BCUT2D eigenvalue weighted by Crippen LogP contribution is 2.34. The molecule has 1 unspecified atom stereocenters. The molecule has 7 heteroatoms. The van der Waals surface area contributed by atoms with E-state index in [1.165, 1.54) is 17.7 Å². The molecule has 176 valence electrons. The second-order valence-electron chi connectivity index (χ2n) is 9.20. The van der Waals surface area contributed by atoms with Crippen molar-refractivity contribution in [1.29, 1.82) is 0 Å². The zero-order chi connectivity index (χ0) is 23.9. The van der Waals surface area contributed by atoms with E-state index in [9.17, 15) is 14.0 Å². The van der Waals surface area contributed by atoms with Gasteiger partial charge in [0.05, 0.1) is 11.0 Å². The predicted molar refractivity (Wildman–Crippen MR) is 133 cm³/mol. The fraction of sp³-hybridized carbons (Fsp3) is 0.250. The Morgan fingerprint density at radius 3 is 2.63 bits per heavy atom. The van der Waals surface area contributed by atoms with Gasteiger partial charge in [-0.2, -0.15) is 0 Å². The summed E-state index contributed by atoms with van der Waals surface area (Å²) in [7, 11) is 0. The van der Waals surface area contributed by atoms with Gasteiger partial charge in [0.1, 0.15) is 18.2 Å². The van der Waals surface area contributed by atoms with Crippen LogP contribution < -0.4 is 9.80 Å². The van der Waals surface area contributed by atoms with Crippen molar-refractivity contribution in [2.75, 3.05) is 22.9 Å². The van der Waals surface area contributed by atoms with Crippen LogP contribution in [-0.2, 0) is 22.6 Å². The summed E-state index contributed by atoms with van der Waals surface area (Å²) in [5.41, 5.74) is 4.53. The molecule has 2 aliphatic heterocycles. The maximum atomic E-state index is 13.6. The Labute approximate surface area is 202 Å². The molecule has 0 N–H and O–H groups in total. The minimum absolute atomic E-state index is 0.0151. The van der Waals surface area contributed by atoms with Crippen molar-refractivity contribution in [2.45, 2.75) is 31.7 Å². The van der Waals surface area contributed by atoms with E-state index < -0.39 is 0 Å². The van der Waals surface area contributed by atoms with E-state index in [1.807, 2.05) is 51.9 Å². The van der Waals surface area contributed by atoms with Crippen LogP contribution in [0.4, 0.5) is 15.8 Å². The van der Waals surface area contributed by atoms with E-state index in [0.717, 1.165) is 35.4 Å². The number of para-hydroxylation sites is 3. The van der Waals surface area contributed by atoms with Gasteiger partial charge in [0.2, 0.25) is 11.8 Å². The van der Waals surface area contributed by atoms with Crippen LogP contribution in [0.2, 0.25) is 0 Å². The maximum absolute atomic E-state index is 13.6. The van der Waals surface area contributed by atoms with E-state index in [-0.39, 0.29) is 30.1 Å². The molecule has 1 saturated heterocycles. The summed E-state index contributed by atoms with van der Waals surface area (Å²) in [5.74, 6) is 0.221. The Kier molecular flexibility index (Phi) is 5.32. The Morgan fingerprint density at radius 2 is 1.77 bits per heavy atom. The number of benzene rings is 3. The fourth-order valence-corrected chi connectivity index (χ4v) is 5.34. The van der Waals surface area contributed by atoms with Gasteiger partial charge in [-0.1, -0.05) is 30.3 Å². The van der Waals surface area contributed by atoms with Crippen molar-refractivity contribution in [2.24, 2.45) is 0 Å². The monoisotopic (exact) mass is 468 g/mol. The molecule has 0 bridgehead atoms. The number of imidazole rings is 1. The van der Waals surface area contributed by atoms with Gasteiger partial charge in [0, 0.05) is 36.8 Å². The molecule has 4 aromatic rings. The second kappa shape index (κ2) is 8.65. The van der Waals surface area contributed by atoms with Gasteiger partial charge in [0.25, 0.3) is 0 Å². The first-order chi connectivity index (χ1) is 17.1. The standard InChI is InChI=1S/C28H25FN4O2/c29-21-11-13-22(14-12-21)32-17-20(16-26(32)34)28-30-23-8-2-4-10-25(23)33(28)18-27(35)31-15-5-7-19-6-1-3-9-24(19)31/h1-4,6,8-14,20H,5,7,15-18H2.